The lowest BCUT2D eigenvalue weighted by Gasteiger charge is -2.39. The Balaban J connectivity index is 2.58. The molecule has 1 aliphatic rings. The summed E-state index contributed by atoms with van der Waals surface area (Å²) in [4.78, 5) is 0. The molecule has 0 amide bonds. The summed E-state index contributed by atoms with van der Waals surface area (Å²) in [6, 6.07) is 0.997. The second-order valence-corrected chi connectivity index (χ2v) is 5.97. The third-order valence-corrected chi connectivity index (χ3v) is 4.17. The smallest absolute Gasteiger partial charge is 0.166 e. The molecule has 3 heteroatoms. The van der Waals surface area contributed by atoms with Gasteiger partial charge in [-0.15, -0.1) is 0 Å². The summed E-state index contributed by atoms with van der Waals surface area (Å²) in [5.41, 5.74) is 0. The summed E-state index contributed by atoms with van der Waals surface area (Å²) in [6.07, 6.45) is 6.63. The highest BCUT2D eigenvalue weighted by molar-refractivity contribution is 7.80. The molecule has 0 saturated heterocycles. The first-order valence-electron chi connectivity index (χ1n) is 7.15. The van der Waals surface area contributed by atoms with Crippen LogP contribution in [0.2, 0.25) is 0 Å². The average Bonchev–Trinajstić information content (AvgIpc) is 2.28. The minimum atomic E-state index is 0.416. The Hall–Kier alpha value is -0.310. The lowest BCUT2D eigenvalue weighted by molar-refractivity contribution is 0.192. The van der Waals surface area contributed by atoms with E-state index in [0.29, 0.717) is 12.1 Å². The van der Waals surface area contributed by atoms with Gasteiger partial charge in [0, 0.05) is 12.1 Å². The van der Waals surface area contributed by atoms with Crippen molar-refractivity contribution in [3.05, 3.63) is 0 Å². The summed E-state index contributed by atoms with van der Waals surface area (Å²) >= 11 is 5.39. The molecule has 100 valence electrons. The molecule has 2 nitrogen and oxygen atoms in total. The summed E-state index contributed by atoms with van der Waals surface area (Å²) in [5, 5.41) is 7.71. The van der Waals surface area contributed by atoms with E-state index in [1.807, 2.05) is 0 Å². The van der Waals surface area contributed by atoms with Gasteiger partial charge in [0.05, 0.1) is 0 Å². The fraction of sp³-hybridized carbons (Fsp3) is 0.929. The Kier molecular flexibility index (Phi) is 6.24. The molecule has 0 aromatic rings. The average molecular weight is 256 g/mol. The molecule has 0 aromatic carbocycles. The molecule has 2 atom stereocenters. The van der Waals surface area contributed by atoms with E-state index >= 15 is 0 Å². The van der Waals surface area contributed by atoms with Crippen molar-refractivity contribution in [2.24, 2.45) is 11.8 Å². The number of hydrogen-bond donors (Lipinski definition) is 2. The second-order valence-electron chi connectivity index (χ2n) is 5.57. The maximum absolute atomic E-state index is 5.39. The molecule has 1 rings (SSSR count). The van der Waals surface area contributed by atoms with E-state index in [9.17, 15) is 0 Å². The molecule has 0 aromatic heterocycles. The third-order valence-electron chi connectivity index (χ3n) is 3.93. The van der Waals surface area contributed by atoms with Crippen LogP contribution in [0.5, 0.6) is 0 Å². The number of hydrogen-bond acceptors (Lipinski definition) is 1. The van der Waals surface area contributed by atoms with Gasteiger partial charge in [-0.05, 0) is 50.7 Å². The Morgan fingerprint density at radius 3 is 2.12 bits per heavy atom. The largest absolute Gasteiger partial charge is 0.361 e. The Morgan fingerprint density at radius 1 is 1.18 bits per heavy atom. The first kappa shape index (κ1) is 14.7. The molecular weight excluding hydrogens is 228 g/mol. The minimum absolute atomic E-state index is 0.416. The van der Waals surface area contributed by atoms with Crippen LogP contribution < -0.4 is 10.6 Å². The van der Waals surface area contributed by atoms with Crippen molar-refractivity contribution in [2.45, 2.75) is 71.9 Å². The van der Waals surface area contributed by atoms with Gasteiger partial charge in [-0.2, -0.15) is 0 Å². The highest BCUT2D eigenvalue weighted by Gasteiger charge is 2.31. The van der Waals surface area contributed by atoms with Crippen molar-refractivity contribution in [1.29, 1.82) is 0 Å². The van der Waals surface area contributed by atoms with Crippen molar-refractivity contribution in [3.8, 4) is 0 Å². The first-order chi connectivity index (χ1) is 8.08. The van der Waals surface area contributed by atoms with Crippen molar-refractivity contribution in [1.82, 2.24) is 10.6 Å². The van der Waals surface area contributed by atoms with Crippen LogP contribution in [0.25, 0.3) is 0 Å². The lowest BCUT2D eigenvalue weighted by atomic mass is 9.74. The second kappa shape index (κ2) is 7.20. The topological polar surface area (TPSA) is 24.1 Å². The van der Waals surface area contributed by atoms with Gasteiger partial charge in [-0.3, -0.25) is 0 Å². The first-order valence-corrected chi connectivity index (χ1v) is 7.56. The molecule has 17 heavy (non-hydrogen) atoms. The lowest BCUT2D eigenvalue weighted by Crippen LogP contribution is -2.51. The van der Waals surface area contributed by atoms with E-state index in [2.05, 4.69) is 38.3 Å². The van der Waals surface area contributed by atoms with Gasteiger partial charge in [0.2, 0.25) is 0 Å². The molecule has 0 radical (unpaired) electrons. The quantitative estimate of drug-likeness (QED) is 0.753. The molecule has 2 unspecified atom stereocenters. The molecule has 0 heterocycles. The molecule has 0 spiro atoms. The Bertz CT molecular complexity index is 228. The van der Waals surface area contributed by atoms with Crippen molar-refractivity contribution >= 4 is 17.3 Å². The van der Waals surface area contributed by atoms with Crippen LogP contribution in [-0.4, -0.2) is 17.2 Å². The normalized spacial score (nSPS) is 29.1. The van der Waals surface area contributed by atoms with Gasteiger partial charge in [0.25, 0.3) is 0 Å². The predicted octanol–water partition coefficient (Wildman–Crippen LogP) is 3.46. The highest BCUT2D eigenvalue weighted by Crippen LogP contribution is 2.33. The summed E-state index contributed by atoms with van der Waals surface area (Å²) in [6.45, 7) is 8.86. The van der Waals surface area contributed by atoms with E-state index in [1.165, 1.54) is 32.1 Å². The monoisotopic (exact) mass is 256 g/mol. The Labute approximate surface area is 112 Å². The van der Waals surface area contributed by atoms with E-state index < -0.39 is 0 Å². The molecule has 0 bridgehead atoms. The number of rotatable bonds is 4. The van der Waals surface area contributed by atoms with E-state index in [0.717, 1.165) is 16.9 Å². The summed E-state index contributed by atoms with van der Waals surface area (Å²) in [7, 11) is 0. The maximum Gasteiger partial charge on any atom is 0.166 e. The van der Waals surface area contributed by atoms with Gasteiger partial charge in [-0.25, -0.2) is 0 Å². The van der Waals surface area contributed by atoms with Gasteiger partial charge < -0.3 is 10.6 Å². The van der Waals surface area contributed by atoms with Crippen molar-refractivity contribution < 1.29 is 0 Å². The van der Waals surface area contributed by atoms with Gasteiger partial charge in [0.15, 0.2) is 5.11 Å². The van der Waals surface area contributed by atoms with E-state index in [-0.39, 0.29) is 0 Å². The van der Waals surface area contributed by atoms with Crippen LogP contribution in [0.3, 0.4) is 0 Å². The third kappa shape index (κ3) is 4.46. The molecule has 1 aliphatic carbocycles. The Morgan fingerprint density at radius 2 is 1.71 bits per heavy atom. The van der Waals surface area contributed by atoms with Crippen molar-refractivity contribution in [3.63, 3.8) is 0 Å². The molecule has 0 aliphatic heterocycles. The fourth-order valence-electron chi connectivity index (χ4n) is 2.99. The van der Waals surface area contributed by atoms with Gasteiger partial charge in [-0.1, -0.05) is 33.1 Å². The van der Waals surface area contributed by atoms with Crippen LogP contribution in [0.1, 0.15) is 59.8 Å². The number of nitrogens with one attached hydrogen (secondary N) is 2. The zero-order valence-electron chi connectivity index (χ0n) is 11.8. The van der Waals surface area contributed by atoms with E-state index in [4.69, 9.17) is 12.2 Å². The van der Waals surface area contributed by atoms with Gasteiger partial charge >= 0.3 is 0 Å². The zero-order valence-corrected chi connectivity index (χ0v) is 12.6. The minimum Gasteiger partial charge on any atom is -0.361 e. The van der Waals surface area contributed by atoms with Crippen molar-refractivity contribution in [2.75, 3.05) is 0 Å². The fourth-order valence-corrected chi connectivity index (χ4v) is 3.37. The van der Waals surface area contributed by atoms with Crippen LogP contribution in [-0.2, 0) is 0 Å². The standard InChI is InChI=1S/C14H28N2S/c1-5-11-8-7-9-12(6-2)13(11)16-14(17)15-10(3)4/h10-13H,5-9H2,1-4H3,(H2,15,16,17). The molecule has 1 fully saturated rings. The highest BCUT2D eigenvalue weighted by atomic mass is 32.1. The SMILES string of the molecule is CCC1CCCC(CC)C1NC(=S)NC(C)C. The maximum atomic E-state index is 5.39. The zero-order chi connectivity index (χ0) is 12.8. The van der Waals surface area contributed by atoms with Crippen LogP contribution in [0.4, 0.5) is 0 Å². The summed E-state index contributed by atoms with van der Waals surface area (Å²) in [5.74, 6) is 1.58. The molecular formula is C14H28N2S. The molecule has 1 saturated carbocycles. The van der Waals surface area contributed by atoms with Gasteiger partial charge in [0.1, 0.15) is 0 Å². The number of thiocarbonyl (C=S) groups is 1. The van der Waals surface area contributed by atoms with Crippen LogP contribution in [0, 0.1) is 11.8 Å². The molecule has 2 N–H and O–H groups in total. The van der Waals surface area contributed by atoms with Crippen LogP contribution >= 0.6 is 12.2 Å². The predicted molar refractivity (Wildman–Crippen MR) is 79.2 cm³/mol. The van der Waals surface area contributed by atoms with E-state index in [1.54, 1.807) is 0 Å². The van der Waals surface area contributed by atoms with Crippen LogP contribution in [0.15, 0.2) is 0 Å². The summed E-state index contributed by atoms with van der Waals surface area (Å²) < 4.78 is 0.